The molecule has 2 heterocycles. The topological polar surface area (TPSA) is 66.4 Å². The van der Waals surface area contributed by atoms with Crippen LogP contribution in [0.25, 0.3) is 5.69 Å². The predicted octanol–water partition coefficient (Wildman–Crippen LogP) is 3.97. The largest absolute Gasteiger partial charge is 0.342 e. The van der Waals surface area contributed by atoms with Crippen LogP contribution in [0.1, 0.15) is 18.4 Å². The summed E-state index contributed by atoms with van der Waals surface area (Å²) in [6.07, 6.45) is 5.75. The van der Waals surface area contributed by atoms with E-state index >= 15 is 0 Å². The number of nitrogens with one attached hydrogen (secondary N) is 2. The lowest BCUT2D eigenvalue weighted by Crippen LogP contribution is -2.47. The molecule has 3 amide bonds. The lowest BCUT2D eigenvalue weighted by molar-refractivity contribution is -0.131. The Bertz CT molecular complexity index is 1010. The van der Waals surface area contributed by atoms with Crippen LogP contribution in [-0.2, 0) is 11.2 Å². The summed E-state index contributed by atoms with van der Waals surface area (Å²) in [6.45, 7) is 1.23. The fourth-order valence-corrected chi connectivity index (χ4v) is 3.74. The Kier molecular flexibility index (Phi) is 6.31. The van der Waals surface area contributed by atoms with E-state index in [1.807, 2.05) is 58.3 Å². The van der Waals surface area contributed by atoms with Gasteiger partial charge in [-0.1, -0.05) is 12.1 Å². The smallest absolute Gasteiger partial charge is 0.319 e. The fourth-order valence-electron chi connectivity index (χ4n) is 3.74. The van der Waals surface area contributed by atoms with Gasteiger partial charge in [0.15, 0.2) is 0 Å². The summed E-state index contributed by atoms with van der Waals surface area (Å²) < 4.78 is 15.0. The molecule has 3 aromatic rings. The Labute approximate surface area is 180 Å². The van der Waals surface area contributed by atoms with Crippen molar-refractivity contribution >= 4 is 17.6 Å². The zero-order chi connectivity index (χ0) is 21.6. The van der Waals surface area contributed by atoms with E-state index in [0.29, 0.717) is 38.0 Å². The van der Waals surface area contributed by atoms with Gasteiger partial charge < -0.3 is 20.1 Å². The van der Waals surface area contributed by atoms with E-state index in [2.05, 4.69) is 10.6 Å². The van der Waals surface area contributed by atoms with E-state index in [1.165, 1.54) is 24.3 Å². The molecule has 1 saturated heterocycles. The highest BCUT2D eigenvalue weighted by molar-refractivity contribution is 5.89. The molecule has 0 atom stereocenters. The number of amides is 3. The number of rotatable bonds is 5. The number of hydrogen-bond acceptors (Lipinski definition) is 2. The first-order valence-corrected chi connectivity index (χ1v) is 10.4. The molecule has 2 N–H and O–H groups in total. The summed E-state index contributed by atoms with van der Waals surface area (Å²) in [5.74, 6) is -0.247. The Morgan fingerprint density at radius 3 is 2.23 bits per heavy atom. The van der Waals surface area contributed by atoms with Crippen molar-refractivity contribution in [3.05, 3.63) is 84.4 Å². The minimum absolute atomic E-state index is 0.00496. The molecule has 1 fully saturated rings. The van der Waals surface area contributed by atoms with Crippen molar-refractivity contribution in [1.82, 2.24) is 14.8 Å². The first kappa shape index (κ1) is 20.7. The van der Waals surface area contributed by atoms with Gasteiger partial charge in [0, 0.05) is 42.9 Å². The van der Waals surface area contributed by atoms with Crippen LogP contribution < -0.4 is 10.6 Å². The molecule has 7 heteroatoms. The number of carbonyl (C=O) groups is 2. The van der Waals surface area contributed by atoms with Crippen LogP contribution >= 0.6 is 0 Å². The molecule has 160 valence electrons. The molecule has 31 heavy (non-hydrogen) atoms. The number of aromatic nitrogens is 1. The van der Waals surface area contributed by atoms with E-state index in [9.17, 15) is 14.0 Å². The molecule has 0 aliphatic carbocycles. The SMILES string of the molecule is O=C(Nc1ccc(F)cc1)NC1CCN(C(=O)Cc2ccc(-n3cccc3)cc2)CC1. The van der Waals surface area contributed by atoms with Gasteiger partial charge in [0.25, 0.3) is 0 Å². The maximum Gasteiger partial charge on any atom is 0.319 e. The number of likely N-dealkylation sites (tertiary alicyclic amines) is 1. The maximum atomic E-state index is 13.0. The summed E-state index contributed by atoms with van der Waals surface area (Å²) in [5, 5.41) is 5.63. The maximum absolute atomic E-state index is 13.0. The Hall–Kier alpha value is -3.61. The standard InChI is InChI=1S/C24H25FN4O2/c25-19-5-7-20(8-6-19)26-24(31)27-21-11-15-29(16-12-21)23(30)17-18-3-9-22(10-4-18)28-13-1-2-14-28/h1-10,13-14,21H,11-12,15-17H2,(H2,26,27,31). The van der Waals surface area contributed by atoms with Crippen molar-refractivity contribution in [2.24, 2.45) is 0 Å². The average Bonchev–Trinajstić information content (AvgIpc) is 3.31. The van der Waals surface area contributed by atoms with Crippen molar-refractivity contribution in [3.8, 4) is 5.69 Å². The van der Waals surface area contributed by atoms with Gasteiger partial charge in [-0.25, -0.2) is 9.18 Å². The van der Waals surface area contributed by atoms with Gasteiger partial charge in [0.2, 0.25) is 5.91 Å². The summed E-state index contributed by atoms with van der Waals surface area (Å²) in [6, 6.07) is 17.3. The van der Waals surface area contributed by atoms with Crippen LogP contribution in [0.2, 0.25) is 0 Å². The molecule has 0 radical (unpaired) electrons. The summed E-state index contributed by atoms with van der Waals surface area (Å²) in [4.78, 5) is 26.7. The number of anilines is 1. The van der Waals surface area contributed by atoms with Gasteiger partial charge in [-0.05, 0) is 66.9 Å². The quantitative estimate of drug-likeness (QED) is 0.656. The van der Waals surface area contributed by atoms with Crippen LogP contribution in [0.3, 0.4) is 0 Å². The first-order chi connectivity index (χ1) is 15.1. The van der Waals surface area contributed by atoms with E-state index < -0.39 is 0 Å². The minimum Gasteiger partial charge on any atom is -0.342 e. The molecule has 1 aliphatic rings. The molecule has 1 aromatic heterocycles. The van der Waals surface area contributed by atoms with Crippen LogP contribution in [-0.4, -0.2) is 40.5 Å². The second-order valence-electron chi connectivity index (χ2n) is 7.69. The van der Waals surface area contributed by atoms with Crippen molar-refractivity contribution in [1.29, 1.82) is 0 Å². The number of urea groups is 1. The third kappa shape index (κ3) is 5.51. The molecule has 0 spiro atoms. The number of halogens is 1. The van der Waals surface area contributed by atoms with Crippen LogP contribution in [0.4, 0.5) is 14.9 Å². The van der Waals surface area contributed by atoms with E-state index in [4.69, 9.17) is 0 Å². The second-order valence-corrected chi connectivity index (χ2v) is 7.69. The van der Waals surface area contributed by atoms with E-state index in [-0.39, 0.29) is 23.8 Å². The fraction of sp³-hybridized carbons (Fsp3) is 0.250. The van der Waals surface area contributed by atoms with Gasteiger partial charge in [0.1, 0.15) is 5.82 Å². The highest BCUT2D eigenvalue weighted by atomic mass is 19.1. The Morgan fingerprint density at radius 2 is 1.58 bits per heavy atom. The number of carbonyl (C=O) groups excluding carboxylic acids is 2. The third-order valence-electron chi connectivity index (χ3n) is 5.48. The number of benzene rings is 2. The van der Waals surface area contributed by atoms with Gasteiger partial charge in [-0.15, -0.1) is 0 Å². The van der Waals surface area contributed by atoms with Crippen molar-refractivity contribution < 1.29 is 14.0 Å². The second kappa shape index (κ2) is 9.47. The highest BCUT2D eigenvalue weighted by Gasteiger charge is 2.24. The van der Waals surface area contributed by atoms with Crippen LogP contribution in [0.15, 0.2) is 73.1 Å². The highest BCUT2D eigenvalue weighted by Crippen LogP contribution is 2.15. The summed E-state index contributed by atoms with van der Waals surface area (Å²) in [5.41, 5.74) is 2.58. The minimum atomic E-state index is -0.347. The first-order valence-electron chi connectivity index (χ1n) is 10.4. The molecule has 0 unspecified atom stereocenters. The third-order valence-corrected chi connectivity index (χ3v) is 5.48. The number of hydrogen-bond donors (Lipinski definition) is 2. The summed E-state index contributed by atoms with van der Waals surface area (Å²) in [7, 11) is 0. The van der Waals surface area contributed by atoms with Gasteiger partial charge in [0.05, 0.1) is 6.42 Å². The number of nitrogens with zero attached hydrogens (tertiary/aromatic N) is 2. The Balaban J connectivity index is 1.22. The molecular formula is C24H25FN4O2. The zero-order valence-electron chi connectivity index (χ0n) is 17.1. The monoisotopic (exact) mass is 420 g/mol. The lowest BCUT2D eigenvalue weighted by Gasteiger charge is -2.32. The van der Waals surface area contributed by atoms with Gasteiger partial charge in [-0.3, -0.25) is 4.79 Å². The molecule has 2 aromatic carbocycles. The lowest BCUT2D eigenvalue weighted by atomic mass is 10.0. The normalized spacial score (nSPS) is 14.3. The van der Waals surface area contributed by atoms with E-state index in [0.717, 1.165) is 11.3 Å². The molecule has 0 saturated carbocycles. The molecule has 4 rings (SSSR count). The van der Waals surface area contributed by atoms with Crippen LogP contribution in [0, 0.1) is 5.82 Å². The molecule has 6 nitrogen and oxygen atoms in total. The van der Waals surface area contributed by atoms with Crippen molar-refractivity contribution in [3.63, 3.8) is 0 Å². The molecular weight excluding hydrogens is 395 g/mol. The zero-order valence-corrected chi connectivity index (χ0v) is 17.1. The van der Waals surface area contributed by atoms with E-state index in [1.54, 1.807) is 0 Å². The van der Waals surface area contributed by atoms with Crippen molar-refractivity contribution in [2.45, 2.75) is 25.3 Å². The number of piperidine rings is 1. The van der Waals surface area contributed by atoms with Gasteiger partial charge in [-0.2, -0.15) is 0 Å². The Morgan fingerprint density at radius 1 is 0.935 bits per heavy atom. The van der Waals surface area contributed by atoms with Crippen molar-refractivity contribution in [2.75, 3.05) is 18.4 Å². The molecule has 0 bridgehead atoms. The average molecular weight is 420 g/mol. The van der Waals surface area contributed by atoms with Gasteiger partial charge >= 0.3 is 6.03 Å². The predicted molar refractivity (Wildman–Crippen MR) is 118 cm³/mol. The summed E-state index contributed by atoms with van der Waals surface area (Å²) >= 11 is 0. The molecule has 1 aliphatic heterocycles. The van der Waals surface area contributed by atoms with Crippen LogP contribution in [0.5, 0.6) is 0 Å².